The molecule has 1 saturated heterocycles. The molecule has 0 spiro atoms. The summed E-state index contributed by atoms with van der Waals surface area (Å²) in [6.45, 7) is 3.69. The van der Waals surface area contributed by atoms with Crippen LogP contribution in [0.3, 0.4) is 0 Å². The van der Waals surface area contributed by atoms with Gasteiger partial charge in [0.1, 0.15) is 11.5 Å². The van der Waals surface area contributed by atoms with Gasteiger partial charge in [-0.05, 0) is 12.8 Å². The Hall–Kier alpha value is -1.06. The molecule has 0 aromatic heterocycles. The number of carbonyl (C=O) groups is 2. The van der Waals surface area contributed by atoms with Crippen LogP contribution in [-0.4, -0.2) is 22.6 Å². The first-order chi connectivity index (χ1) is 6.05. The van der Waals surface area contributed by atoms with Crippen molar-refractivity contribution in [1.82, 2.24) is 0 Å². The Labute approximate surface area is 76.9 Å². The van der Waals surface area contributed by atoms with E-state index in [4.69, 9.17) is 9.84 Å². The lowest BCUT2D eigenvalue weighted by molar-refractivity contribution is -0.155. The van der Waals surface area contributed by atoms with Crippen LogP contribution in [0, 0.1) is 5.92 Å². The fraction of sp³-hybridized carbons (Fsp3) is 0.778. The number of esters is 1. The van der Waals surface area contributed by atoms with Gasteiger partial charge in [-0.1, -0.05) is 13.8 Å². The molecule has 0 aromatic rings. The summed E-state index contributed by atoms with van der Waals surface area (Å²) in [6, 6.07) is 0. The highest BCUT2D eigenvalue weighted by Crippen LogP contribution is 2.38. The average Bonchev–Trinajstić information content (AvgIpc) is 2.43. The van der Waals surface area contributed by atoms with Gasteiger partial charge in [-0.3, -0.25) is 9.59 Å². The highest BCUT2D eigenvalue weighted by molar-refractivity contribution is 5.83. The molecule has 0 aromatic carbocycles. The van der Waals surface area contributed by atoms with Crippen molar-refractivity contribution < 1.29 is 19.4 Å². The molecule has 13 heavy (non-hydrogen) atoms. The summed E-state index contributed by atoms with van der Waals surface area (Å²) in [7, 11) is 0. The van der Waals surface area contributed by atoms with E-state index in [9.17, 15) is 9.59 Å². The summed E-state index contributed by atoms with van der Waals surface area (Å²) >= 11 is 0. The summed E-state index contributed by atoms with van der Waals surface area (Å²) in [5.74, 6) is -2.00. The fourth-order valence-corrected chi connectivity index (χ4v) is 1.89. The number of cyclic esters (lactones) is 1. The van der Waals surface area contributed by atoms with E-state index >= 15 is 0 Å². The van der Waals surface area contributed by atoms with Gasteiger partial charge in [-0.15, -0.1) is 0 Å². The van der Waals surface area contributed by atoms with Crippen LogP contribution in [0.15, 0.2) is 0 Å². The van der Waals surface area contributed by atoms with Crippen molar-refractivity contribution in [3.8, 4) is 0 Å². The lowest BCUT2D eigenvalue weighted by Crippen LogP contribution is -2.38. The zero-order valence-corrected chi connectivity index (χ0v) is 7.87. The molecular weight excluding hydrogens is 172 g/mol. The van der Waals surface area contributed by atoms with E-state index in [0.29, 0.717) is 12.8 Å². The smallest absolute Gasteiger partial charge is 0.311 e. The third-order valence-corrected chi connectivity index (χ3v) is 2.82. The van der Waals surface area contributed by atoms with Crippen LogP contribution < -0.4 is 0 Å². The average molecular weight is 186 g/mol. The van der Waals surface area contributed by atoms with Crippen LogP contribution >= 0.6 is 0 Å². The lowest BCUT2D eigenvalue weighted by atomic mass is 9.83. The quantitative estimate of drug-likeness (QED) is 0.672. The maximum atomic E-state index is 11.0. The molecule has 1 aliphatic rings. The minimum Gasteiger partial charge on any atom is -0.481 e. The van der Waals surface area contributed by atoms with E-state index in [0.717, 1.165) is 0 Å². The molecule has 1 fully saturated rings. The van der Waals surface area contributed by atoms with E-state index in [1.54, 1.807) is 0 Å². The van der Waals surface area contributed by atoms with Crippen LogP contribution in [0.1, 0.15) is 33.1 Å². The maximum absolute atomic E-state index is 11.0. The van der Waals surface area contributed by atoms with Crippen LogP contribution in [0.4, 0.5) is 0 Å². The Bertz CT molecular complexity index is 230. The second kappa shape index (κ2) is 3.36. The minimum absolute atomic E-state index is 0.0109. The van der Waals surface area contributed by atoms with Crippen molar-refractivity contribution in [2.24, 2.45) is 5.92 Å². The zero-order valence-electron chi connectivity index (χ0n) is 7.87. The lowest BCUT2D eigenvalue weighted by Gasteiger charge is -2.28. The third-order valence-electron chi connectivity index (χ3n) is 2.82. The highest BCUT2D eigenvalue weighted by atomic mass is 16.6. The Kier molecular flexibility index (Phi) is 2.59. The summed E-state index contributed by atoms with van der Waals surface area (Å²) in [5.41, 5.74) is -0.761. The van der Waals surface area contributed by atoms with E-state index in [2.05, 4.69) is 0 Å². The number of hydrogen-bond donors (Lipinski definition) is 1. The van der Waals surface area contributed by atoms with Gasteiger partial charge in [0.2, 0.25) is 0 Å². The summed E-state index contributed by atoms with van der Waals surface area (Å²) in [6.07, 6.45) is 1.13. The Morgan fingerprint density at radius 1 is 1.62 bits per heavy atom. The minimum atomic E-state index is -0.936. The number of carboxylic acids is 1. The summed E-state index contributed by atoms with van der Waals surface area (Å²) < 4.78 is 5.10. The molecule has 0 amide bonds. The maximum Gasteiger partial charge on any atom is 0.311 e. The van der Waals surface area contributed by atoms with Gasteiger partial charge in [0, 0.05) is 0 Å². The van der Waals surface area contributed by atoms with Gasteiger partial charge in [-0.2, -0.15) is 0 Å². The summed E-state index contributed by atoms with van der Waals surface area (Å²) in [5, 5.41) is 8.90. The first kappa shape index (κ1) is 10.0. The second-order valence-electron chi connectivity index (χ2n) is 3.34. The molecule has 4 heteroatoms. The van der Waals surface area contributed by atoms with Gasteiger partial charge in [-0.25, -0.2) is 0 Å². The van der Waals surface area contributed by atoms with Gasteiger partial charge in [0.15, 0.2) is 0 Å². The molecule has 1 rings (SSSR count). The molecular formula is C9H14O4. The van der Waals surface area contributed by atoms with Crippen molar-refractivity contribution in [3.63, 3.8) is 0 Å². The molecule has 0 saturated carbocycles. The number of hydrogen-bond acceptors (Lipinski definition) is 3. The largest absolute Gasteiger partial charge is 0.481 e. The van der Waals surface area contributed by atoms with Crippen LogP contribution in [-0.2, 0) is 14.3 Å². The zero-order chi connectivity index (χ0) is 10.1. The third kappa shape index (κ3) is 1.53. The van der Waals surface area contributed by atoms with Gasteiger partial charge < -0.3 is 9.84 Å². The number of rotatable bonds is 3. The molecule has 1 atom stereocenters. The fourth-order valence-electron chi connectivity index (χ4n) is 1.89. The molecule has 74 valence electrons. The first-order valence-corrected chi connectivity index (χ1v) is 4.50. The van der Waals surface area contributed by atoms with E-state index in [1.165, 1.54) is 0 Å². The van der Waals surface area contributed by atoms with Crippen molar-refractivity contribution in [1.29, 1.82) is 0 Å². The van der Waals surface area contributed by atoms with Crippen molar-refractivity contribution >= 4 is 11.9 Å². The van der Waals surface area contributed by atoms with E-state index in [1.807, 2.05) is 13.8 Å². The monoisotopic (exact) mass is 186 g/mol. The number of aliphatic carboxylic acids is 1. The van der Waals surface area contributed by atoms with Crippen LogP contribution in [0.25, 0.3) is 0 Å². The van der Waals surface area contributed by atoms with Crippen LogP contribution in [0.2, 0.25) is 0 Å². The molecule has 0 aliphatic carbocycles. The van der Waals surface area contributed by atoms with Crippen molar-refractivity contribution in [2.75, 3.05) is 0 Å². The molecule has 4 nitrogen and oxygen atoms in total. The van der Waals surface area contributed by atoms with E-state index in [-0.39, 0.29) is 6.42 Å². The molecule has 1 heterocycles. The Balaban J connectivity index is 2.92. The van der Waals surface area contributed by atoms with Crippen molar-refractivity contribution in [2.45, 2.75) is 38.7 Å². The predicted octanol–water partition coefficient (Wildman–Crippen LogP) is 1.19. The summed E-state index contributed by atoms with van der Waals surface area (Å²) in [4.78, 5) is 21.9. The second-order valence-corrected chi connectivity index (χ2v) is 3.34. The molecule has 1 unspecified atom stereocenters. The first-order valence-electron chi connectivity index (χ1n) is 4.50. The number of carboxylic acid groups (broad SMARTS) is 1. The topological polar surface area (TPSA) is 63.6 Å². The molecule has 1 aliphatic heterocycles. The number of ether oxygens (including phenoxy) is 1. The van der Waals surface area contributed by atoms with E-state index < -0.39 is 23.5 Å². The normalized spacial score (nSPS) is 25.7. The van der Waals surface area contributed by atoms with Gasteiger partial charge >= 0.3 is 11.9 Å². The van der Waals surface area contributed by atoms with Gasteiger partial charge in [0.05, 0.1) is 6.42 Å². The molecule has 0 bridgehead atoms. The molecule has 1 N–H and O–H groups in total. The standard InChI is InChI=1S/C9H14O4/c1-3-9(4-2)6(8(11)12)5-7(10)13-9/h6H,3-5H2,1-2H3,(H,11,12). The highest BCUT2D eigenvalue weighted by Gasteiger charge is 2.50. The molecule has 0 radical (unpaired) electrons. The SMILES string of the molecule is CCC1(CC)OC(=O)CC1C(=O)O. The predicted molar refractivity (Wildman–Crippen MR) is 45.1 cm³/mol. The van der Waals surface area contributed by atoms with Gasteiger partial charge in [0.25, 0.3) is 0 Å². The van der Waals surface area contributed by atoms with Crippen LogP contribution in [0.5, 0.6) is 0 Å². The number of carbonyl (C=O) groups excluding carboxylic acids is 1. The Morgan fingerprint density at radius 3 is 2.46 bits per heavy atom. The Morgan fingerprint density at radius 2 is 2.15 bits per heavy atom. The van der Waals surface area contributed by atoms with Crippen molar-refractivity contribution in [3.05, 3.63) is 0 Å².